The first-order valence-corrected chi connectivity index (χ1v) is 5.03. The quantitative estimate of drug-likeness (QED) is 0.679. The maximum atomic E-state index is 11.2. The summed E-state index contributed by atoms with van der Waals surface area (Å²) >= 11 is 11.5. The molecule has 0 aliphatic heterocycles. The summed E-state index contributed by atoms with van der Waals surface area (Å²) in [4.78, 5) is 21.7. The number of anilines is 1. The first-order valence-electron chi connectivity index (χ1n) is 4.27. The Balaban J connectivity index is 2.59. The van der Waals surface area contributed by atoms with Crippen molar-refractivity contribution in [3.05, 3.63) is 28.2 Å². The third-order valence-corrected chi connectivity index (χ3v) is 2.08. The van der Waals surface area contributed by atoms with Crippen LogP contribution < -0.4 is 16.2 Å². The second-order valence-corrected chi connectivity index (χ2v) is 3.73. The molecule has 5 nitrogen and oxygen atoms in total. The van der Waals surface area contributed by atoms with Gasteiger partial charge in [0.1, 0.15) is 0 Å². The van der Waals surface area contributed by atoms with Crippen molar-refractivity contribution in [3.8, 4) is 0 Å². The Morgan fingerprint density at radius 3 is 2.44 bits per heavy atom. The predicted molar refractivity (Wildman–Crippen MR) is 62.4 cm³/mol. The molecule has 1 aromatic rings. The summed E-state index contributed by atoms with van der Waals surface area (Å²) in [7, 11) is 0. The number of rotatable bonds is 1. The minimum atomic E-state index is -0.598. The Kier molecular flexibility index (Phi) is 4.39. The number of nitrogens with one attached hydrogen (secondary N) is 3. The fraction of sp³-hybridized carbons (Fsp3) is 0.111. The van der Waals surface area contributed by atoms with E-state index < -0.39 is 6.03 Å². The van der Waals surface area contributed by atoms with Crippen LogP contribution in [-0.2, 0) is 4.79 Å². The Morgan fingerprint density at radius 1 is 1.19 bits per heavy atom. The molecule has 0 spiro atoms. The lowest BCUT2D eigenvalue weighted by atomic mass is 10.3. The van der Waals surface area contributed by atoms with Gasteiger partial charge in [0.25, 0.3) is 0 Å². The van der Waals surface area contributed by atoms with Gasteiger partial charge in [0, 0.05) is 11.9 Å². The van der Waals surface area contributed by atoms with Gasteiger partial charge in [0.2, 0.25) is 5.91 Å². The van der Waals surface area contributed by atoms with Crippen molar-refractivity contribution >= 4 is 40.8 Å². The molecule has 0 atom stereocenters. The predicted octanol–water partition coefficient (Wildman–Crippen LogP) is 2.17. The van der Waals surface area contributed by atoms with E-state index in [1.165, 1.54) is 13.0 Å². The van der Waals surface area contributed by atoms with Crippen LogP contribution in [0.1, 0.15) is 6.92 Å². The van der Waals surface area contributed by atoms with Crippen LogP contribution in [0.15, 0.2) is 18.2 Å². The van der Waals surface area contributed by atoms with Crippen molar-refractivity contribution in [1.82, 2.24) is 10.9 Å². The number of amides is 3. The number of halogens is 2. The van der Waals surface area contributed by atoms with E-state index in [1.54, 1.807) is 12.1 Å². The average Bonchev–Trinajstić information content (AvgIpc) is 2.19. The van der Waals surface area contributed by atoms with Gasteiger partial charge >= 0.3 is 6.03 Å². The van der Waals surface area contributed by atoms with Crippen LogP contribution in [0.2, 0.25) is 10.0 Å². The molecule has 86 valence electrons. The Morgan fingerprint density at radius 2 is 1.88 bits per heavy atom. The van der Waals surface area contributed by atoms with E-state index >= 15 is 0 Å². The molecule has 1 aromatic carbocycles. The molecular formula is C9H9Cl2N3O2. The van der Waals surface area contributed by atoms with Crippen molar-refractivity contribution < 1.29 is 9.59 Å². The fourth-order valence-corrected chi connectivity index (χ4v) is 1.34. The van der Waals surface area contributed by atoms with Gasteiger partial charge in [-0.3, -0.25) is 10.2 Å². The molecule has 3 N–H and O–H groups in total. The van der Waals surface area contributed by atoms with E-state index in [-0.39, 0.29) is 5.91 Å². The minimum Gasteiger partial charge on any atom is -0.305 e. The van der Waals surface area contributed by atoms with Crippen molar-refractivity contribution in [2.75, 3.05) is 5.32 Å². The zero-order valence-electron chi connectivity index (χ0n) is 8.30. The van der Waals surface area contributed by atoms with Crippen LogP contribution in [-0.4, -0.2) is 11.9 Å². The van der Waals surface area contributed by atoms with E-state index in [9.17, 15) is 9.59 Å². The Labute approximate surface area is 102 Å². The van der Waals surface area contributed by atoms with E-state index in [2.05, 4.69) is 16.2 Å². The molecule has 16 heavy (non-hydrogen) atoms. The molecular weight excluding hydrogens is 253 g/mol. The van der Waals surface area contributed by atoms with Gasteiger partial charge in [-0.25, -0.2) is 10.2 Å². The highest BCUT2D eigenvalue weighted by Gasteiger charge is 2.05. The lowest BCUT2D eigenvalue weighted by molar-refractivity contribution is -0.119. The third kappa shape index (κ3) is 3.96. The second kappa shape index (κ2) is 5.58. The van der Waals surface area contributed by atoms with E-state index in [1.807, 2.05) is 0 Å². The highest BCUT2D eigenvalue weighted by molar-refractivity contribution is 6.36. The second-order valence-electron chi connectivity index (χ2n) is 2.88. The van der Waals surface area contributed by atoms with Gasteiger partial charge in [-0.05, 0) is 18.2 Å². The number of hydrogen-bond acceptors (Lipinski definition) is 2. The summed E-state index contributed by atoms with van der Waals surface area (Å²) in [6.45, 7) is 1.27. The zero-order valence-corrected chi connectivity index (χ0v) is 9.82. The standard InChI is InChI=1S/C9H9Cl2N3O2/c1-5(15)13-14-9(16)12-8-3-2-6(10)4-7(8)11/h2-4H,1H3,(H,13,15)(H2,12,14,16). The summed E-state index contributed by atoms with van der Waals surface area (Å²) in [5, 5.41) is 3.22. The van der Waals surface area contributed by atoms with Crippen LogP contribution >= 0.6 is 23.2 Å². The summed E-state index contributed by atoms with van der Waals surface area (Å²) in [6, 6.07) is 4.04. The summed E-state index contributed by atoms with van der Waals surface area (Å²) < 4.78 is 0. The molecule has 3 amide bonds. The maximum absolute atomic E-state index is 11.2. The number of benzene rings is 1. The van der Waals surface area contributed by atoms with Gasteiger partial charge in [-0.1, -0.05) is 23.2 Å². The lowest BCUT2D eigenvalue weighted by Gasteiger charge is -2.08. The molecule has 0 fully saturated rings. The molecule has 0 bridgehead atoms. The van der Waals surface area contributed by atoms with Crippen LogP contribution in [0, 0.1) is 0 Å². The normalized spacial score (nSPS) is 9.44. The molecule has 0 aliphatic rings. The first kappa shape index (κ1) is 12.6. The van der Waals surface area contributed by atoms with E-state index in [0.29, 0.717) is 15.7 Å². The summed E-state index contributed by atoms with van der Waals surface area (Å²) in [5.74, 6) is -0.377. The summed E-state index contributed by atoms with van der Waals surface area (Å²) in [5.41, 5.74) is 4.65. The fourth-order valence-electron chi connectivity index (χ4n) is 0.889. The van der Waals surface area contributed by atoms with Gasteiger partial charge in [-0.2, -0.15) is 0 Å². The van der Waals surface area contributed by atoms with Crippen molar-refractivity contribution in [2.45, 2.75) is 6.92 Å². The average molecular weight is 262 g/mol. The largest absolute Gasteiger partial charge is 0.337 e. The third-order valence-electron chi connectivity index (χ3n) is 1.53. The highest BCUT2D eigenvalue weighted by Crippen LogP contribution is 2.24. The lowest BCUT2D eigenvalue weighted by Crippen LogP contribution is -2.42. The van der Waals surface area contributed by atoms with E-state index in [0.717, 1.165) is 0 Å². The molecule has 0 aliphatic carbocycles. The molecule has 0 unspecified atom stereocenters. The van der Waals surface area contributed by atoms with Crippen LogP contribution in [0.4, 0.5) is 10.5 Å². The number of hydrogen-bond donors (Lipinski definition) is 3. The molecule has 0 saturated carbocycles. The van der Waals surface area contributed by atoms with Crippen molar-refractivity contribution in [3.63, 3.8) is 0 Å². The number of hydrazine groups is 1. The molecule has 0 saturated heterocycles. The molecule has 0 radical (unpaired) electrons. The SMILES string of the molecule is CC(=O)NNC(=O)Nc1ccc(Cl)cc1Cl. The van der Waals surface area contributed by atoms with Gasteiger partial charge < -0.3 is 5.32 Å². The van der Waals surface area contributed by atoms with Crippen LogP contribution in [0.3, 0.4) is 0 Å². The van der Waals surface area contributed by atoms with Gasteiger partial charge in [0.15, 0.2) is 0 Å². The molecule has 7 heteroatoms. The molecule has 0 aromatic heterocycles. The highest BCUT2D eigenvalue weighted by atomic mass is 35.5. The smallest absolute Gasteiger partial charge is 0.305 e. The Bertz CT molecular complexity index is 423. The molecule has 0 heterocycles. The minimum absolute atomic E-state index is 0.311. The van der Waals surface area contributed by atoms with Crippen molar-refractivity contribution in [1.29, 1.82) is 0 Å². The van der Waals surface area contributed by atoms with Crippen LogP contribution in [0.25, 0.3) is 0 Å². The van der Waals surface area contributed by atoms with Crippen LogP contribution in [0.5, 0.6) is 0 Å². The Hall–Kier alpha value is -1.46. The first-order chi connectivity index (χ1) is 7.49. The molecule has 1 rings (SSSR count). The van der Waals surface area contributed by atoms with E-state index in [4.69, 9.17) is 23.2 Å². The van der Waals surface area contributed by atoms with Gasteiger partial charge in [-0.15, -0.1) is 0 Å². The van der Waals surface area contributed by atoms with Gasteiger partial charge in [0.05, 0.1) is 10.7 Å². The summed E-state index contributed by atoms with van der Waals surface area (Å²) in [6.07, 6.45) is 0. The monoisotopic (exact) mass is 261 g/mol. The number of urea groups is 1. The number of carbonyl (C=O) groups excluding carboxylic acids is 2. The topological polar surface area (TPSA) is 70.2 Å². The number of carbonyl (C=O) groups is 2. The maximum Gasteiger partial charge on any atom is 0.337 e. The van der Waals surface area contributed by atoms with Crippen molar-refractivity contribution in [2.24, 2.45) is 0 Å². The zero-order chi connectivity index (χ0) is 12.1.